The summed E-state index contributed by atoms with van der Waals surface area (Å²) in [6.07, 6.45) is 1.19. The molecule has 1 heterocycles. The van der Waals surface area contributed by atoms with Crippen molar-refractivity contribution in [1.82, 2.24) is 9.97 Å². The summed E-state index contributed by atoms with van der Waals surface area (Å²) in [5.74, 6) is 0.457. The lowest BCUT2D eigenvalue weighted by atomic mass is 10.2. The van der Waals surface area contributed by atoms with Crippen molar-refractivity contribution in [2.45, 2.75) is 6.92 Å². The number of nitro groups is 1. The number of hydrogen-bond acceptors (Lipinski definition) is 10. The quantitative estimate of drug-likeness (QED) is 0.285. The van der Waals surface area contributed by atoms with Gasteiger partial charge < -0.3 is 24.8 Å². The van der Waals surface area contributed by atoms with E-state index in [9.17, 15) is 14.9 Å². The van der Waals surface area contributed by atoms with Crippen LogP contribution in [0.2, 0.25) is 0 Å². The molecule has 0 saturated carbocycles. The zero-order valence-corrected chi connectivity index (χ0v) is 17.6. The van der Waals surface area contributed by atoms with Crippen LogP contribution in [-0.4, -0.2) is 41.7 Å². The average Bonchev–Trinajstić information content (AvgIpc) is 2.79. The molecule has 0 aliphatic rings. The number of benzene rings is 2. The van der Waals surface area contributed by atoms with Crippen molar-refractivity contribution in [3.8, 4) is 11.5 Å². The Morgan fingerprint density at radius 2 is 1.72 bits per heavy atom. The first-order chi connectivity index (χ1) is 15.5. The van der Waals surface area contributed by atoms with Crippen LogP contribution >= 0.6 is 0 Å². The summed E-state index contributed by atoms with van der Waals surface area (Å²) in [7, 11) is 2.99. The molecule has 2 aromatic carbocycles. The second-order valence-electron chi connectivity index (χ2n) is 6.29. The lowest BCUT2D eigenvalue weighted by Crippen LogP contribution is -2.07. The van der Waals surface area contributed by atoms with Crippen molar-refractivity contribution >= 4 is 34.7 Å². The van der Waals surface area contributed by atoms with E-state index in [1.807, 2.05) is 0 Å². The second kappa shape index (κ2) is 10.1. The molecule has 2 N–H and O–H groups in total. The largest absolute Gasteiger partial charge is 0.497 e. The standard InChI is InChI=1S/C21H21N5O6/c1-4-32-21(27)13-5-7-14(8-6-13)24-19-18(26(28)29)20(23-12-22-19)25-16-11-15(30-2)9-10-17(16)31-3/h5-12H,4H2,1-3H3,(H2,22,23,24,25). The number of aromatic nitrogens is 2. The minimum atomic E-state index is -0.593. The predicted molar refractivity (Wildman–Crippen MR) is 117 cm³/mol. The van der Waals surface area contributed by atoms with Gasteiger partial charge in [-0.2, -0.15) is 0 Å². The van der Waals surface area contributed by atoms with Gasteiger partial charge in [-0.1, -0.05) is 0 Å². The molecule has 0 radical (unpaired) electrons. The van der Waals surface area contributed by atoms with E-state index in [2.05, 4.69) is 20.6 Å². The first kappa shape index (κ1) is 22.3. The lowest BCUT2D eigenvalue weighted by Gasteiger charge is -2.13. The third-order valence-corrected chi connectivity index (χ3v) is 4.32. The van der Waals surface area contributed by atoms with Crippen molar-refractivity contribution < 1.29 is 23.9 Å². The number of rotatable bonds is 9. The van der Waals surface area contributed by atoms with Gasteiger partial charge in [-0.3, -0.25) is 10.1 Å². The molecule has 0 fully saturated rings. The van der Waals surface area contributed by atoms with E-state index >= 15 is 0 Å². The van der Waals surface area contributed by atoms with E-state index in [-0.39, 0.29) is 23.9 Å². The maximum Gasteiger partial charge on any atom is 0.353 e. The molecule has 3 aromatic rings. The van der Waals surface area contributed by atoms with Gasteiger partial charge in [-0.25, -0.2) is 14.8 Å². The summed E-state index contributed by atoms with van der Waals surface area (Å²) in [6.45, 7) is 1.98. The fourth-order valence-corrected chi connectivity index (χ4v) is 2.81. The van der Waals surface area contributed by atoms with Crippen molar-refractivity contribution in [2.75, 3.05) is 31.5 Å². The summed E-state index contributed by atoms with van der Waals surface area (Å²) in [5.41, 5.74) is 0.914. The van der Waals surface area contributed by atoms with E-state index < -0.39 is 10.9 Å². The Balaban J connectivity index is 1.92. The van der Waals surface area contributed by atoms with E-state index in [0.717, 1.165) is 0 Å². The number of nitrogens with zero attached hydrogens (tertiary/aromatic N) is 3. The number of nitrogens with one attached hydrogen (secondary N) is 2. The molecular weight excluding hydrogens is 418 g/mol. The van der Waals surface area contributed by atoms with Crippen LogP contribution in [0.1, 0.15) is 17.3 Å². The van der Waals surface area contributed by atoms with Crippen molar-refractivity contribution in [1.29, 1.82) is 0 Å². The van der Waals surface area contributed by atoms with Gasteiger partial charge in [0.1, 0.15) is 17.8 Å². The van der Waals surface area contributed by atoms with E-state index in [0.29, 0.717) is 28.4 Å². The fourth-order valence-electron chi connectivity index (χ4n) is 2.81. The van der Waals surface area contributed by atoms with Gasteiger partial charge in [0, 0.05) is 11.8 Å². The highest BCUT2D eigenvalue weighted by atomic mass is 16.6. The first-order valence-corrected chi connectivity index (χ1v) is 9.49. The molecular formula is C21H21N5O6. The normalized spacial score (nSPS) is 10.2. The summed E-state index contributed by atoms with van der Waals surface area (Å²) < 4.78 is 15.5. The number of hydrogen-bond donors (Lipinski definition) is 2. The van der Waals surface area contributed by atoms with Crippen LogP contribution in [0.5, 0.6) is 11.5 Å². The molecule has 0 aliphatic carbocycles. The SMILES string of the molecule is CCOC(=O)c1ccc(Nc2ncnc(Nc3cc(OC)ccc3OC)c2[N+](=O)[O-])cc1. The number of carbonyl (C=O) groups is 1. The van der Waals surface area contributed by atoms with Crippen LogP contribution in [-0.2, 0) is 4.74 Å². The molecule has 0 amide bonds. The van der Waals surface area contributed by atoms with E-state index in [1.165, 1.54) is 20.5 Å². The smallest absolute Gasteiger partial charge is 0.353 e. The lowest BCUT2D eigenvalue weighted by molar-refractivity contribution is -0.383. The minimum absolute atomic E-state index is 0.0294. The molecule has 32 heavy (non-hydrogen) atoms. The van der Waals surface area contributed by atoms with E-state index in [1.54, 1.807) is 49.4 Å². The van der Waals surface area contributed by atoms with Crippen molar-refractivity contribution in [3.05, 3.63) is 64.5 Å². The topological polar surface area (TPSA) is 138 Å². The van der Waals surface area contributed by atoms with Crippen LogP contribution < -0.4 is 20.1 Å². The van der Waals surface area contributed by atoms with Gasteiger partial charge in [-0.05, 0) is 43.3 Å². The molecule has 1 aromatic heterocycles. The van der Waals surface area contributed by atoms with Crippen molar-refractivity contribution in [2.24, 2.45) is 0 Å². The Morgan fingerprint density at radius 3 is 2.31 bits per heavy atom. The number of ether oxygens (including phenoxy) is 3. The van der Waals surface area contributed by atoms with Crippen LogP contribution in [0.3, 0.4) is 0 Å². The Hall–Kier alpha value is -4.41. The predicted octanol–water partition coefficient (Wildman–Crippen LogP) is 4.07. The zero-order chi connectivity index (χ0) is 23.1. The Morgan fingerprint density at radius 1 is 1.03 bits per heavy atom. The fraction of sp³-hybridized carbons (Fsp3) is 0.190. The van der Waals surface area contributed by atoms with Gasteiger partial charge in [0.15, 0.2) is 0 Å². The van der Waals surface area contributed by atoms with Crippen molar-refractivity contribution in [3.63, 3.8) is 0 Å². The molecule has 0 saturated heterocycles. The molecule has 3 rings (SSSR count). The summed E-state index contributed by atoms with van der Waals surface area (Å²) in [4.78, 5) is 31.1. The Labute approximate surface area is 183 Å². The van der Waals surface area contributed by atoms with Crippen LogP contribution in [0.25, 0.3) is 0 Å². The maximum atomic E-state index is 11.8. The zero-order valence-electron chi connectivity index (χ0n) is 17.6. The number of esters is 1. The first-order valence-electron chi connectivity index (χ1n) is 9.49. The third kappa shape index (κ3) is 5.01. The monoisotopic (exact) mass is 439 g/mol. The van der Waals surface area contributed by atoms with Gasteiger partial charge in [0.05, 0.1) is 37.0 Å². The Bertz CT molecular complexity index is 1120. The van der Waals surface area contributed by atoms with Gasteiger partial charge in [-0.15, -0.1) is 0 Å². The summed E-state index contributed by atoms with van der Waals surface area (Å²) >= 11 is 0. The van der Waals surface area contributed by atoms with Gasteiger partial charge in [0.25, 0.3) is 0 Å². The van der Waals surface area contributed by atoms with Gasteiger partial charge in [0.2, 0.25) is 11.6 Å². The molecule has 0 bridgehead atoms. The molecule has 0 spiro atoms. The summed E-state index contributed by atoms with van der Waals surface area (Å²) in [6, 6.07) is 11.3. The molecule has 11 heteroatoms. The number of methoxy groups -OCH3 is 2. The molecule has 11 nitrogen and oxygen atoms in total. The second-order valence-corrected chi connectivity index (χ2v) is 6.29. The Kier molecular flexibility index (Phi) is 7.01. The molecule has 0 unspecified atom stereocenters. The highest BCUT2D eigenvalue weighted by Crippen LogP contribution is 2.36. The molecule has 0 aliphatic heterocycles. The highest BCUT2D eigenvalue weighted by molar-refractivity contribution is 5.90. The minimum Gasteiger partial charge on any atom is -0.497 e. The van der Waals surface area contributed by atoms with Crippen LogP contribution in [0, 0.1) is 10.1 Å². The number of anilines is 4. The van der Waals surface area contributed by atoms with Crippen LogP contribution in [0.4, 0.5) is 28.7 Å². The highest BCUT2D eigenvalue weighted by Gasteiger charge is 2.24. The molecule has 0 atom stereocenters. The van der Waals surface area contributed by atoms with Gasteiger partial charge >= 0.3 is 11.7 Å². The summed E-state index contributed by atoms with van der Waals surface area (Å²) in [5, 5.41) is 17.6. The third-order valence-electron chi connectivity index (χ3n) is 4.32. The van der Waals surface area contributed by atoms with E-state index in [4.69, 9.17) is 14.2 Å². The average molecular weight is 439 g/mol. The number of carbonyl (C=O) groups excluding carboxylic acids is 1. The molecule has 166 valence electrons. The van der Waals surface area contributed by atoms with Crippen LogP contribution in [0.15, 0.2) is 48.8 Å². The maximum absolute atomic E-state index is 11.8.